The smallest absolute Gasteiger partial charge is 0.255 e. The summed E-state index contributed by atoms with van der Waals surface area (Å²) in [6.45, 7) is 6.31. The van der Waals surface area contributed by atoms with Crippen LogP contribution in [0.1, 0.15) is 53.1 Å². The van der Waals surface area contributed by atoms with Crippen molar-refractivity contribution in [3.63, 3.8) is 0 Å². The Hall–Kier alpha value is -1.29. The number of carbonyl (C=O) groups is 1. The molecular formula is C15H23NO3. The van der Waals surface area contributed by atoms with E-state index in [1.54, 1.807) is 0 Å². The maximum atomic E-state index is 12.2. The van der Waals surface area contributed by atoms with Gasteiger partial charge in [0.05, 0.1) is 11.7 Å². The van der Waals surface area contributed by atoms with Gasteiger partial charge in [-0.2, -0.15) is 0 Å². The lowest BCUT2D eigenvalue weighted by molar-refractivity contribution is 0.0908. The van der Waals surface area contributed by atoms with Gasteiger partial charge < -0.3 is 14.8 Å². The SMILES string of the molecule is Cc1oc(C)c(C(=O)NCC2CCC(O)CC2)c1C. The summed E-state index contributed by atoms with van der Waals surface area (Å²) in [7, 11) is 0. The standard InChI is InChI=1S/C15H23NO3/c1-9-10(2)19-11(3)14(9)15(18)16-8-12-4-6-13(17)7-5-12/h12-13,17H,4-8H2,1-3H3,(H,16,18). The van der Waals surface area contributed by atoms with E-state index in [-0.39, 0.29) is 12.0 Å². The molecule has 2 rings (SSSR count). The first-order chi connectivity index (χ1) is 8.99. The summed E-state index contributed by atoms with van der Waals surface area (Å²) >= 11 is 0. The molecule has 0 bridgehead atoms. The molecule has 0 aliphatic heterocycles. The number of nitrogens with one attached hydrogen (secondary N) is 1. The van der Waals surface area contributed by atoms with Crippen molar-refractivity contribution in [1.82, 2.24) is 5.32 Å². The summed E-state index contributed by atoms with van der Waals surface area (Å²) in [5, 5.41) is 12.5. The molecule has 1 aromatic heterocycles. The van der Waals surface area contributed by atoms with Gasteiger partial charge in [-0.05, 0) is 52.4 Å². The highest BCUT2D eigenvalue weighted by Crippen LogP contribution is 2.24. The van der Waals surface area contributed by atoms with Gasteiger partial charge in [0.15, 0.2) is 0 Å². The van der Waals surface area contributed by atoms with Crippen LogP contribution >= 0.6 is 0 Å². The molecule has 0 radical (unpaired) electrons. The van der Waals surface area contributed by atoms with E-state index in [2.05, 4.69) is 5.32 Å². The highest BCUT2D eigenvalue weighted by Gasteiger charge is 2.22. The van der Waals surface area contributed by atoms with Gasteiger partial charge in [-0.1, -0.05) is 0 Å². The van der Waals surface area contributed by atoms with Gasteiger partial charge >= 0.3 is 0 Å². The number of aryl methyl sites for hydroxylation is 2. The normalized spacial score (nSPS) is 23.4. The Morgan fingerprint density at radius 3 is 2.37 bits per heavy atom. The third-order valence-corrected chi connectivity index (χ3v) is 4.16. The fourth-order valence-electron chi connectivity index (χ4n) is 2.80. The number of aliphatic hydroxyl groups is 1. The molecule has 1 heterocycles. The maximum Gasteiger partial charge on any atom is 0.255 e. The molecule has 0 atom stereocenters. The van der Waals surface area contributed by atoms with Gasteiger partial charge in [-0.3, -0.25) is 4.79 Å². The summed E-state index contributed by atoms with van der Waals surface area (Å²) in [6, 6.07) is 0. The van der Waals surface area contributed by atoms with Crippen molar-refractivity contribution in [2.24, 2.45) is 5.92 Å². The third kappa shape index (κ3) is 3.18. The van der Waals surface area contributed by atoms with Crippen molar-refractivity contribution >= 4 is 5.91 Å². The molecule has 1 aliphatic carbocycles. The third-order valence-electron chi connectivity index (χ3n) is 4.16. The van der Waals surface area contributed by atoms with E-state index in [1.807, 2.05) is 20.8 Å². The number of amides is 1. The second-order valence-corrected chi connectivity index (χ2v) is 5.60. The maximum absolute atomic E-state index is 12.2. The molecule has 1 aliphatic rings. The van der Waals surface area contributed by atoms with Gasteiger partial charge in [0.25, 0.3) is 5.91 Å². The molecule has 2 N–H and O–H groups in total. The van der Waals surface area contributed by atoms with Gasteiger partial charge in [0.1, 0.15) is 11.5 Å². The second-order valence-electron chi connectivity index (χ2n) is 5.60. The first kappa shape index (κ1) is 14.1. The Morgan fingerprint density at radius 2 is 1.84 bits per heavy atom. The number of aliphatic hydroxyl groups excluding tert-OH is 1. The Balaban J connectivity index is 1.91. The lowest BCUT2D eigenvalue weighted by atomic mass is 9.87. The molecule has 1 aromatic rings. The Morgan fingerprint density at radius 1 is 1.21 bits per heavy atom. The van der Waals surface area contributed by atoms with Crippen LogP contribution in [0.15, 0.2) is 4.42 Å². The van der Waals surface area contributed by atoms with Crippen molar-refractivity contribution in [2.45, 2.75) is 52.6 Å². The van der Waals surface area contributed by atoms with Crippen LogP contribution in [0.4, 0.5) is 0 Å². The largest absolute Gasteiger partial charge is 0.466 e. The number of hydrogen-bond donors (Lipinski definition) is 2. The van der Waals surface area contributed by atoms with Crippen molar-refractivity contribution in [3.8, 4) is 0 Å². The van der Waals surface area contributed by atoms with E-state index in [0.29, 0.717) is 23.8 Å². The first-order valence-electron chi connectivity index (χ1n) is 7.02. The minimum absolute atomic E-state index is 0.0435. The quantitative estimate of drug-likeness (QED) is 0.882. The number of hydrogen-bond acceptors (Lipinski definition) is 3. The average molecular weight is 265 g/mol. The summed E-state index contributed by atoms with van der Waals surface area (Å²) < 4.78 is 5.48. The molecular weight excluding hydrogens is 242 g/mol. The number of rotatable bonds is 3. The minimum atomic E-state index is -0.145. The predicted octanol–water partition coefficient (Wildman–Crippen LogP) is 2.49. The summed E-state index contributed by atoms with van der Waals surface area (Å²) in [6.07, 6.45) is 3.54. The topological polar surface area (TPSA) is 62.5 Å². The van der Waals surface area contributed by atoms with Crippen LogP contribution in [0.5, 0.6) is 0 Å². The zero-order valence-corrected chi connectivity index (χ0v) is 12.0. The lowest BCUT2D eigenvalue weighted by Crippen LogP contribution is -2.32. The molecule has 0 saturated heterocycles. The summed E-state index contributed by atoms with van der Waals surface area (Å²) in [5.41, 5.74) is 1.60. The van der Waals surface area contributed by atoms with Gasteiger partial charge in [0.2, 0.25) is 0 Å². The van der Waals surface area contributed by atoms with Crippen molar-refractivity contribution < 1.29 is 14.3 Å². The van der Waals surface area contributed by atoms with Crippen LogP contribution in [0, 0.1) is 26.7 Å². The van der Waals surface area contributed by atoms with E-state index in [0.717, 1.165) is 37.0 Å². The van der Waals surface area contributed by atoms with Crippen molar-refractivity contribution in [2.75, 3.05) is 6.54 Å². The van der Waals surface area contributed by atoms with E-state index in [1.165, 1.54) is 0 Å². The van der Waals surface area contributed by atoms with Crippen LogP contribution < -0.4 is 5.32 Å². The van der Waals surface area contributed by atoms with Crippen LogP contribution in [-0.4, -0.2) is 23.7 Å². The van der Waals surface area contributed by atoms with E-state index in [9.17, 15) is 9.90 Å². The number of carbonyl (C=O) groups excluding carboxylic acids is 1. The number of furan rings is 1. The van der Waals surface area contributed by atoms with Crippen molar-refractivity contribution in [1.29, 1.82) is 0 Å². The lowest BCUT2D eigenvalue weighted by Gasteiger charge is -2.25. The molecule has 1 fully saturated rings. The highest BCUT2D eigenvalue weighted by atomic mass is 16.3. The molecule has 4 heteroatoms. The Kier molecular flexibility index (Phi) is 4.30. The van der Waals surface area contributed by atoms with E-state index >= 15 is 0 Å². The molecule has 0 spiro atoms. The van der Waals surface area contributed by atoms with Crippen molar-refractivity contribution in [3.05, 3.63) is 22.6 Å². The molecule has 1 amide bonds. The monoisotopic (exact) mass is 265 g/mol. The first-order valence-corrected chi connectivity index (χ1v) is 7.02. The van der Waals surface area contributed by atoms with Gasteiger partial charge in [-0.25, -0.2) is 0 Å². The molecule has 106 valence electrons. The predicted molar refractivity (Wildman–Crippen MR) is 73.2 cm³/mol. The van der Waals surface area contributed by atoms with Gasteiger partial charge in [0, 0.05) is 12.1 Å². The van der Waals surface area contributed by atoms with Crippen LogP contribution in [0.3, 0.4) is 0 Å². The molecule has 1 saturated carbocycles. The molecule has 0 aromatic carbocycles. The average Bonchev–Trinajstić information content (AvgIpc) is 2.62. The summed E-state index contributed by atoms with van der Waals surface area (Å²) in [5.74, 6) is 1.94. The minimum Gasteiger partial charge on any atom is -0.466 e. The fraction of sp³-hybridized carbons (Fsp3) is 0.667. The van der Waals surface area contributed by atoms with E-state index < -0.39 is 0 Å². The molecule has 0 unspecified atom stereocenters. The Bertz CT molecular complexity index is 456. The van der Waals surface area contributed by atoms with Crippen LogP contribution in [0.2, 0.25) is 0 Å². The summed E-state index contributed by atoms with van der Waals surface area (Å²) in [4.78, 5) is 12.2. The van der Waals surface area contributed by atoms with Crippen LogP contribution in [0.25, 0.3) is 0 Å². The zero-order valence-electron chi connectivity index (χ0n) is 12.0. The molecule has 4 nitrogen and oxygen atoms in total. The molecule has 19 heavy (non-hydrogen) atoms. The van der Waals surface area contributed by atoms with Crippen LogP contribution in [-0.2, 0) is 0 Å². The van der Waals surface area contributed by atoms with Gasteiger partial charge in [-0.15, -0.1) is 0 Å². The fourth-order valence-corrected chi connectivity index (χ4v) is 2.80. The highest BCUT2D eigenvalue weighted by molar-refractivity contribution is 5.96. The zero-order chi connectivity index (χ0) is 14.0. The van der Waals surface area contributed by atoms with E-state index in [4.69, 9.17) is 4.42 Å². The Labute approximate surface area is 114 Å². The second kappa shape index (κ2) is 5.78.